The molecule has 0 aromatic rings. The smallest absolute Gasteiger partial charge is 0.0809 e. The Morgan fingerprint density at radius 3 is 1.79 bits per heavy atom. The largest absolute Gasteiger partial charge is 0.376 e. The van der Waals surface area contributed by atoms with Gasteiger partial charge in [-0.15, -0.1) is 0 Å². The normalized spacial score (nSPS) is 31.7. The van der Waals surface area contributed by atoms with Gasteiger partial charge in [0.05, 0.1) is 25.4 Å². The maximum atomic E-state index is 5.55. The van der Waals surface area contributed by atoms with Crippen molar-refractivity contribution in [1.29, 1.82) is 0 Å². The monoisotopic (exact) mass is 209 g/mol. The first-order valence-corrected chi connectivity index (χ1v) is 5.26. The minimum atomic E-state index is 0. The molecule has 0 saturated carbocycles. The number of ether oxygens (including phenoxy) is 3. The second-order valence-electron chi connectivity index (χ2n) is 3.81. The van der Waals surface area contributed by atoms with Crippen LogP contribution in [-0.4, -0.2) is 68.2 Å². The van der Waals surface area contributed by atoms with Crippen LogP contribution in [0.3, 0.4) is 0 Å². The minimum absolute atomic E-state index is 0. The van der Waals surface area contributed by atoms with E-state index in [4.69, 9.17) is 14.2 Å². The molecule has 0 aromatic carbocycles. The van der Waals surface area contributed by atoms with E-state index in [9.17, 15) is 0 Å². The van der Waals surface area contributed by atoms with Crippen molar-refractivity contribution >= 4 is 29.6 Å². The van der Waals surface area contributed by atoms with Gasteiger partial charge in [-0.05, 0) is 25.7 Å². The van der Waals surface area contributed by atoms with Crippen molar-refractivity contribution in [1.82, 2.24) is 0 Å². The van der Waals surface area contributed by atoms with Gasteiger partial charge >= 0.3 is 0 Å². The fraction of sp³-hybridized carbons (Fsp3) is 1.00. The summed E-state index contributed by atoms with van der Waals surface area (Å²) in [7, 11) is 0. The topological polar surface area (TPSA) is 27.7 Å². The Labute approximate surface area is 108 Å². The molecular formula is C10H18NaO3. The fourth-order valence-corrected chi connectivity index (χ4v) is 1.88. The first-order valence-electron chi connectivity index (χ1n) is 5.26. The van der Waals surface area contributed by atoms with E-state index in [2.05, 4.69) is 0 Å². The molecule has 0 aromatic heterocycles. The van der Waals surface area contributed by atoms with Crippen molar-refractivity contribution in [2.75, 3.05) is 26.4 Å². The van der Waals surface area contributed by atoms with Gasteiger partial charge in [0.15, 0.2) is 0 Å². The van der Waals surface area contributed by atoms with Gasteiger partial charge in [0.2, 0.25) is 0 Å². The summed E-state index contributed by atoms with van der Waals surface area (Å²) >= 11 is 0. The van der Waals surface area contributed by atoms with Crippen molar-refractivity contribution in [3.05, 3.63) is 0 Å². The van der Waals surface area contributed by atoms with E-state index in [0.29, 0.717) is 12.2 Å². The zero-order valence-corrected chi connectivity index (χ0v) is 11.0. The molecule has 2 fully saturated rings. The Balaban J connectivity index is 0.000000980. The van der Waals surface area contributed by atoms with E-state index >= 15 is 0 Å². The number of hydrogen-bond acceptors (Lipinski definition) is 3. The summed E-state index contributed by atoms with van der Waals surface area (Å²) in [5.74, 6) is 0. The molecule has 2 aliphatic rings. The Kier molecular flexibility index (Phi) is 6.66. The molecular weight excluding hydrogens is 191 g/mol. The molecule has 0 aliphatic carbocycles. The van der Waals surface area contributed by atoms with Crippen LogP contribution in [0.15, 0.2) is 0 Å². The Bertz CT molecular complexity index is 126. The van der Waals surface area contributed by atoms with E-state index in [-0.39, 0.29) is 29.6 Å². The molecule has 77 valence electrons. The maximum Gasteiger partial charge on any atom is 0.0809 e. The first-order chi connectivity index (χ1) is 6.45. The van der Waals surface area contributed by atoms with Crippen LogP contribution >= 0.6 is 0 Å². The summed E-state index contributed by atoms with van der Waals surface area (Å²) < 4.78 is 16.5. The molecule has 0 bridgehead atoms. The van der Waals surface area contributed by atoms with E-state index in [1.165, 1.54) is 12.8 Å². The molecule has 0 spiro atoms. The summed E-state index contributed by atoms with van der Waals surface area (Å²) in [6.07, 6.45) is 5.39. The van der Waals surface area contributed by atoms with Crippen molar-refractivity contribution in [2.45, 2.75) is 37.9 Å². The molecule has 2 unspecified atom stereocenters. The molecule has 0 amide bonds. The summed E-state index contributed by atoms with van der Waals surface area (Å²) in [6, 6.07) is 0. The second kappa shape index (κ2) is 7.20. The molecule has 2 heterocycles. The van der Waals surface area contributed by atoms with E-state index in [0.717, 1.165) is 39.3 Å². The predicted octanol–water partition coefficient (Wildman–Crippen LogP) is 0.980. The van der Waals surface area contributed by atoms with Crippen LogP contribution in [0.5, 0.6) is 0 Å². The summed E-state index contributed by atoms with van der Waals surface area (Å²) in [5.41, 5.74) is 0. The van der Waals surface area contributed by atoms with Gasteiger partial charge in [-0.1, -0.05) is 0 Å². The molecule has 2 rings (SSSR count). The predicted molar refractivity (Wildman–Crippen MR) is 54.5 cm³/mol. The van der Waals surface area contributed by atoms with Crippen LogP contribution in [0.2, 0.25) is 0 Å². The zero-order valence-electron chi connectivity index (χ0n) is 9.04. The third-order valence-electron chi connectivity index (χ3n) is 2.66. The minimum Gasteiger partial charge on any atom is -0.376 e. The van der Waals surface area contributed by atoms with Gasteiger partial charge in [0, 0.05) is 42.8 Å². The molecule has 4 heteroatoms. The van der Waals surface area contributed by atoms with Crippen LogP contribution in [0.1, 0.15) is 25.7 Å². The van der Waals surface area contributed by atoms with Crippen molar-refractivity contribution in [3.8, 4) is 0 Å². The van der Waals surface area contributed by atoms with Crippen LogP contribution in [0.25, 0.3) is 0 Å². The van der Waals surface area contributed by atoms with Gasteiger partial charge < -0.3 is 14.2 Å². The third kappa shape index (κ3) is 4.17. The molecule has 2 saturated heterocycles. The molecule has 3 nitrogen and oxygen atoms in total. The van der Waals surface area contributed by atoms with Gasteiger partial charge in [0.1, 0.15) is 0 Å². The Morgan fingerprint density at radius 1 is 0.929 bits per heavy atom. The SMILES string of the molecule is C1COC(COCC2CCCO2)C1.[Na]. The van der Waals surface area contributed by atoms with Crippen LogP contribution in [0.4, 0.5) is 0 Å². The van der Waals surface area contributed by atoms with Crippen LogP contribution in [-0.2, 0) is 14.2 Å². The van der Waals surface area contributed by atoms with Gasteiger partial charge in [-0.25, -0.2) is 0 Å². The molecule has 14 heavy (non-hydrogen) atoms. The van der Waals surface area contributed by atoms with E-state index < -0.39 is 0 Å². The molecule has 0 N–H and O–H groups in total. The fourth-order valence-electron chi connectivity index (χ4n) is 1.88. The summed E-state index contributed by atoms with van der Waals surface area (Å²) in [5, 5.41) is 0. The van der Waals surface area contributed by atoms with Crippen LogP contribution in [0, 0.1) is 0 Å². The van der Waals surface area contributed by atoms with Crippen molar-refractivity contribution in [3.63, 3.8) is 0 Å². The van der Waals surface area contributed by atoms with Gasteiger partial charge in [-0.3, -0.25) is 0 Å². The first kappa shape index (κ1) is 12.9. The summed E-state index contributed by atoms with van der Waals surface area (Å²) in [4.78, 5) is 0. The average Bonchev–Trinajstić information content (AvgIpc) is 2.75. The Morgan fingerprint density at radius 2 is 1.43 bits per heavy atom. The number of hydrogen-bond donors (Lipinski definition) is 0. The van der Waals surface area contributed by atoms with E-state index in [1.807, 2.05) is 0 Å². The van der Waals surface area contributed by atoms with Crippen molar-refractivity contribution in [2.24, 2.45) is 0 Å². The zero-order chi connectivity index (χ0) is 8.93. The quantitative estimate of drug-likeness (QED) is 0.646. The standard InChI is InChI=1S/C10H18O3.Na/c1-3-9(12-5-1)7-11-8-10-4-2-6-13-10;/h9-10H,1-8H2;. The summed E-state index contributed by atoms with van der Waals surface area (Å²) in [6.45, 7) is 3.32. The van der Waals surface area contributed by atoms with Gasteiger partial charge in [-0.2, -0.15) is 0 Å². The second-order valence-corrected chi connectivity index (χ2v) is 3.81. The van der Waals surface area contributed by atoms with Crippen molar-refractivity contribution < 1.29 is 14.2 Å². The van der Waals surface area contributed by atoms with Gasteiger partial charge in [0.25, 0.3) is 0 Å². The molecule has 2 atom stereocenters. The average molecular weight is 209 g/mol. The third-order valence-corrected chi connectivity index (χ3v) is 2.66. The molecule has 2 aliphatic heterocycles. The Hall–Kier alpha value is 0.880. The maximum absolute atomic E-state index is 5.55. The van der Waals surface area contributed by atoms with E-state index in [1.54, 1.807) is 0 Å². The number of rotatable bonds is 4. The molecule has 1 radical (unpaired) electrons. The van der Waals surface area contributed by atoms with Crippen LogP contribution < -0.4 is 0 Å².